The fourth-order valence-corrected chi connectivity index (χ4v) is 26.8. The van der Waals surface area contributed by atoms with E-state index in [1.54, 1.807) is 25.0 Å². The third-order valence-electron chi connectivity index (χ3n) is 8.80. The molecule has 0 heterocycles. The van der Waals surface area contributed by atoms with Gasteiger partial charge in [-0.1, -0.05) is 0 Å². The molecule has 0 radical (unpaired) electrons. The van der Waals surface area contributed by atoms with Gasteiger partial charge in [-0.15, -0.1) is 0 Å². The number of fused-ring (bicyclic) bond motifs is 1. The second-order valence-electron chi connectivity index (χ2n) is 10.4. The van der Waals surface area contributed by atoms with Crippen LogP contribution in [0.25, 0.3) is 0 Å². The quantitative estimate of drug-likeness (QED) is 0.339. The predicted molar refractivity (Wildman–Crippen MR) is 123 cm³/mol. The summed E-state index contributed by atoms with van der Waals surface area (Å²) < 4.78 is 6.23. The van der Waals surface area contributed by atoms with Crippen LogP contribution < -0.4 is 0 Å². The number of allylic oxidation sites excluding steroid dienone is 8. The summed E-state index contributed by atoms with van der Waals surface area (Å²) in [6, 6.07) is 0. The summed E-state index contributed by atoms with van der Waals surface area (Å²) in [5, 5.41) is 0. The zero-order valence-electron chi connectivity index (χ0n) is 19.7. The van der Waals surface area contributed by atoms with Crippen LogP contribution in [-0.4, -0.2) is 0 Å². The van der Waals surface area contributed by atoms with Gasteiger partial charge in [0.25, 0.3) is 0 Å². The molecule has 0 N–H and O–H groups in total. The van der Waals surface area contributed by atoms with Gasteiger partial charge >= 0.3 is 181 Å². The predicted octanol–water partition coefficient (Wildman–Crippen LogP) is 9.17. The Bertz CT molecular complexity index is 692. The molecule has 28 heavy (non-hydrogen) atoms. The Balaban J connectivity index is 2.14. The van der Waals surface area contributed by atoms with Crippen LogP contribution in [-0.2, 0) is 20.3 Å². The van der Waals surface area contributed by atoms with Crippen LogP contribution in [0.3, 0.4) is 0 Å². The zero-order chi connectivity index (χ0) is 20.5. The minimum absolute atomic E-state index is 0.304. The molecule has 3 rings (SSSR count). The van der Waals surface area contributed by atoms with Crippen molar-refractivity contribution in [2.45, 2.75) is 98.9 Å². The molecule has 0 bridgehead atoms. The third-order valence-corrected chi connectivity index (χ3v) is 25.0. The number of unbranched alkanes of at least 4 members (excludes halogenated alkanes) is 2. The summed E-state index contributed by atoms with van der Waals surface area (Å²) in [7, 11) is 0. The van der Waals surface area contributed by atoms with Crippen LogP contribution in [0.5, 0.6) is 0 Å². The van der Waals surface area contributed by atoms with Crippen LogP contribution in [0.1, 0.15) is 87.0 Å². The van der Waals surface area contributed by atoms with E-state index >= 15 is 0 Å². The summed E-state index contributed by atoms with van der Waals surface area (Å²) in [5.41, 5.74) is 5.33. The van der Waals surface area contributed by atoms with Crippen molar-refractivity contribution < 1.29 is 20.3 Å². The molecule has 0 amide bonds. The number of hydrogen-bond acceptors (Lipinski definition) is 0. The van der Waals surface area contributed by atoms with E-state index < -0.39 is 20.3 Å². The van der Waals surface area contributed by atoms with Gasteiger partial charge in [-0.25, -0.2) is 0 Å². The van der Waals surface area contributed by atoms with Gasteiger partial charge in [0, 0.05) is 0 Å². The van der Waals surface area contributed by atoms with Crippen molar-refractivity contribution >= 4 is 0 Å². The topological polar surface area (TPSA) is 0 Å². The fourth-order valence-electron chi connectivity index (χ4n) is 7.11. The van der Waals surface area contributed by atoms with Crippen molar-refractivity contribution in [1.29, 1.82) is 0 Å². The van der Waals surface area contributed by atoms with Gasteiger partial charge in [0.15, 0.2) is 0 Å². The van der Waals surface area contributed by atoms with E-state index in [0.29, 0.717) is 5.41 Å². The maximum atomic E-state index is 2.62. The standard InChI is InChI=1S/C10H15.C9H11.2C4H9.Zr/c1-7-6-10(4,5)9(3)8(7)2;1-2-5-9-7-3-6-8(9)4-1;2*1-3-4-2;/h1-5H3;1-2,4-6,8-9H,3,7H2;2*1,3-4H2,2H3;. The monoisotopic (exact) mass is 458 g/mol. The van der Waals surface area contributed by atoms with Crippen molar-refractivity contribution in [2.75, 3.05) is 0 Å². The van der Waals surface area contributed by atoms with E-state index in [0.717, 1.165) is 15.5 Å². The molecule has 0 aromatic rings. The summed E-state index contributed by atoms with van der Waals surface area (Å²) in [6.45, 7) is 17.3. The van der Waals surface area contributed by atoms with Crippen LogP contribution in [0.2, 0.25) is 11.9 Å². The van der Waals surface area contributed by atoms with Crippen LogP contribution in [0, 0.1) is 17.3 Å². The second-order valence-corrected chi connectivity index (χ2v) is 21.6. The molecule has 3 unspecified atom stereocenters. The van der Waals surface area contributed by atoms with Crippen molar-refractivity contribution in [2.24, 2.45) is 17.3 Å². The first-order chi connectivity index (χ1) is 13.3. The number of rotatable bonds is 8. The van der Waals surface area contributed by atoms with Crippen LogP contribution >= 0.6 is 0 Å². The van der Waals surface area contributed by atoms with Gasteiger partial charge in [0.1, 0.15) is 0 Å². The van der Waals surface area contributed by atoms with Gasteiger partial charge in [0.2, 0.25) is 0 Å². The molecule has 3 aliphatic carbocycles. The summed E-state index contributed by atoms with van der Waals surface area (Å²) >= 11 is -2.62. The van der Waals surface area contributed by atoms with E-state index in [9.17, 15) is 0 Å². The van der Waals surface area contributed by atoms with Gasteiger partial charge in [-0.05, 0) is 0 Å². The van der Waals surface area contributed by atoms with Gasteiger partial charge in [-0.2, -0.15) is 0 Å². The van der Waals surface area contributed by atoms with E-state index in [1.807, 2.05) is 3.28 Å². The average molecular weight is 460 g/mol. The molecule has 0 aromatic heterocycles. The molecule has 0 saturated heterocycles. The Hall–Kier alpha value is -0.157. The van der Waals surface area contributed by atoms with Gasteiger partial charge < -0.3 is 0 Å². The minimum atomic E-state index is -2.62. The zero-order valence-corrected chi connectivity index (χ0v) is 22.2. The van der Waals surface area contributed by atoms with E-state index in [2.05, 4.69) is 72.8 Å². The van der Waals surface area contributed by atoms with Gasteiger partial charge in [-0.3, -0.25) is 0 Å². The average Bonchev–Trinajstić information content (AvgIpc) is 3.18. The van der Waals surface area contributed by atoms with Crippen molar-refractivity contribution in [1.82, 2.24) is 0 Å². The van der Waals surface area contributed by atoms with Crippen molar-refractivity contribution in [3.63, 3.8) is 0 Å². The maximum absolute atomic E-state index is 2.62. The molecule has 0 nitrogen and oxygen atoms in total. The molecule has 3 atom stereocenters. The molecule has 1 fully saturated rings. The Kier molecular flexibility index (Phi) is 7.17. The first-order valence-corrected chi connectivity index (χ1v) is 18.2. The second kappa shape index (κ2) is 8.92. The molecule has 156 valence electrons. The van der Waals surface area contributed by atoms with E-state index in [4.69, 9.17) is 0 Å². The third kappa shape index (κ3) is 3.68. The SMILES string of the molecule is CCC[CH2][Zr]([CH2]CCC)([C]1=C(C)C(C)=C(C)C1(C)C)[CH]1CCC2C=CC=CC21. The first-order valence-electron chi connectivity index (χ1n) is 12.1. The van der Waals surface area contributed by atoms with Crippen molar-refractivity contribution in [3.05, 3.63) is 44.3 Å². The summed E-state index contributed by atoms with van der Waals surface area (Å²) in [5.74, 6) is 1.67. The van der Waals surface area contributed by atoms with Gasteiger partial charge in [0.05, 0.1) is 0 Å². The normalized spacial score (nSPS) is 29.2. The molecule has 0 spiro atoms. The Labute approximate surface area is 180 Å². The Morgan fingerprint density at radius 3 is 2.04 bits per heavy atom. The van der Waals surface area contributed by atoms with Crippen molar-refractivity contribution in [3.8, 4) is 0 Å². The first kappa shape index (κ1) is 22.5. The molecule has 3 aliphatic rings. The molecular weight excluding hydrogens is 416 g/mol. The molecule has 1 heteroatoms. The fraction of sp³-hybridized carbons (Fsp3) is 0.704. The Morgan fingerprint density at radius 2 is 1.50 bits per heavy atom. The van der Waals surface area contributed by atoms with Crippen LogP contribution in [0.15, 0.2) is 44.3 Å². The number of hydrogen-bond donors (Lipinski definition) is 0. The molecular formula is C27H44Zr. The molecule has 0 aliphatic heterocycles. The molecule has 0 aromatic carbocycles. The van der Waals surface area contributed by atoms with Crippen LogP contribution in [0.4, 0.5) is 0 Å². The summed E-state index contributed by atoms with van der Waals surface area (Å²) in [6.07, 6.45) is 18.4. The van der Waals surface area contributed by atoms with E-state index in [1.165, 1.54) is 38.5 Å². The molecule has 1 saturated carbocycles. The van der Waals surface area contributed by atoms with E-state index in [-0.39, 0.29) is 0 Å². The summed E-state index contributed by atoms with van der Waals surface area (Å²) in [4.78, 5) is 0. The Morgan fingerprint density at radius 1 is 0.893 bits per heavy atom.